The number of H-pyrrole nitrogens is 1. The maximum Gasteiger partial charge on any atom is 0.573 e. The minimum absolute atomic E-state index is 0.275. The molecular formula is C8H4BrF3N2O. The molecule has 0 saturated heterocycles. The van der Waals surface area contributed by atoms with Gasteiger partial charge in [-0.25, -0.2) is 0 Å². The summed E-state index contributed by atoms with van der Waals surface area (Å²) in [6.45, 7) is 0. The lowest BCUT2D eigenvalue weighted by atomic mass is 10.2. The van der Waals surface area contributed by atoms with Crippen LogP contribution in [0.15, 0.2) is 22.8 Å². The fourth-order valence-corrected chi connectivity index (χ4v) is 1.72. The van der Waals surface area contributed by atoms with Crippen LogP contribution in [0, 0.1) is 0 Å². The first-order valence-electron chi connectivity index (χ1n) is 3.84. The Morgan fingerprint density at radius 1 is 1.33 bits per heavy atom. The average Bonchev–Trinajstić information content (AvgIpc) is 2.48. The van der Waals surface area contributed by atoms with E-state index in [0.29, 0.717) is 15.4 Å². The van der Waals surface area contributed by atoms with Gasteiger partial charge in [0.2, 0.25) is 0 Å². The first-order chi connectivity index (χ1) is 6.96. The second-order valence-corrected chi connectivity index (χ2v) is 3.64. The zero-order chi connectivity index (χ0) is 11.1. The van der Waals surface area contributed by atoms with Gasteiger partial charge in [0.25, 0.3) is 0 Å². The molecule has 0 amide bonds. The number of ether oxygens (including phenoxy) is 1. The Morgan fingerprint density at radius 2 is 2.07 bits per heavy atom. The molecule has 2 rings (SSSR count). The Kier molecular flexibility index (Phi) is 2.34. The molecule has 3 nitrogen and oxygen atoms in total. The molecule has 80 valence electrons. The van der Waals surface area contributed by atoms with Gasteiger partial charge in [-0.1, -0.05) is 0 Å². The lowest BCUT2D eigenvalue weighted by Gasteiger charge is -2.09. The summed E-state index contributed by atoms with van der Waals surface area (Å²) in [5.74, 6) is -0.275. The highest BCUT2D eigenvalue weighted by Crippen LogP contribution is 2.30. The van der Waals surface area contributed by atoms with Crippen molar-refractivity contribution in [3.05, 3.63) is 22.8 Å². The molecule has 0 spiro atoms. The fraction of sp³-hybridized carbons (Fsp3) is 0.125. The molecule has 1 N–H and O–H groups in total. The number of halogens is 4. The van der Waals surface area contributed by atoms with E-state index in [-0.39, 0.29) is 5.75 Å². The molecule has 7 heteroatoms. The van der Waals surface area contributed by atoms with Crippen LogP contribution in [0.25, 0.3) is 10.9 Å². The zero-order valence-corrected chi connectivity index (χ0v) is 8.69. The first-order valence-corrected chi connectivity index (χ1v) is 4.63. The molecule has 0 radical (unpaired) electrons. The van der Waals surface area contributed by atoms with Crippen molar-refractivity contribution in [2.75, 3.05) is 0 Å². The lowest BCUT2D eigenvalue weighted by molar-refractivity contribution is -0.274. The Hall–Kier alpha value is -1.24. The van der Waals surface area contributed by atoms with Crippen LogP contribution in [0.2, 0.25) is 0 Å². The van der Waals surface area contributed by atoms with Crippen LogP contribution in [-0.4, -0.2) is 16.6 Å². The number of aromatic amines is 1. The number of nitrogens with zero attached hydrogens (tertiary/aromatic N) is 1. The quantitative estimate of drug-likeness (QED) is 0.871. The number of hydrogen-bond acceptors (Lipinski definition) is 2. The van der Waals surface area contributed by atoms with Crippen molar-refractivity contribution >= 4 is 26.8 Å². The van der Waals surface area contributed by atoms with Gasteiger partial charge in [-0.2, -0.15) is 5.10 Å². The largest absolute Gasteiger partial charge is 0.573 e. The van der Waals surface area contributed by atoms with Crippen molar-refractivity contribution in [2.45, 2.75) is 6.36 Å². The summed E-state index contributed by atoms with van der Waals surface area (Å²) < 4.78 is 40.1. The number of rotatable bonds is 1. The molecule has 0 unspecified atom stereocenters. The predicted molar refractivity (Wildman–Crippen MR) is 50.5 cm³/mol. The minimum Gasteiger partial charge on any atom is -0.406 e. The van der Waals surface area contributed by atoms with Gasteiger partial charge in [0, 0.05) is 9.86 Å². The van der Waals surface area contributed by atoms with Gasteiger partial charge >= 0.3 is 6.36 Å². The summed E-state index contributed by atoms with van der Waals surface area (Å²) in [5.41, 5.74) is 0.629. The van der Waals surface area contributed by atoms with Crippen LogP contribution in [0.5, 0.6) is 5.75 Å². The molecule has 0 atom stereocenters. The van der Waals surface area contributed by atoms with Gasteiger partial charge < -0.3 is 4.74 Å². The molecule has 0 bridgehead atoms. The highest BCUT2D eigenvalue weighted by molar-refractivity contribution is 9.10. The highest BCUT2D eigenvalue weighted by atomic mass is 79.9. The molecule has 1 aromatic heterocycles. The third kappa shape index (κ3) is 2.23. The summed E-state index contributed by atoms with van der Waals surface area (Å²) in [5, 5.41) is 6.90. The summed E-state index contributed by atoms with van der Waals surface area (Å²) >= 11 is 3.12. The van der Waals surface area contributed by atoms with Gasteiger partial charge in [-0.3, -0.25) is 5.10 Å². The first kappa shape index (κ1) is 10.3. The van der Waals surface area contributed by atoms with Crippen molar-refractivity contribution < 1.29 is 17.9 Å². The average molecular weight is 281 g/mol. The normalized spacial score (nSPS) is 12.0. The van der Waals surface area contributed by atoms with Crippen LogP contribution < -0.4 is 4.74 Å². The van der Waals surface area contributed by atoms with Crippen molar-refractivity contribution in [1.29, 1.82) is 0 Å². The number of hydrogen-bond donors (Lipinski definition) is 1. The Morgan fingerprint density at radius 3 is 2.73 bits per heavy atom. The summed E-state index contributed by atoms with van der Waals surface area (Å²) in [4.78, 5) is 0. The van der Waals surface area contributed by atoms with Gasteiger partial charge in [0.05, 0.1) is 11.7 Å². The van der Waals surface area contributed by atoms with Crippen molar-refractivity contribution in [3.63, 3.8) is 0 Å². The fourth-order valence-electron chi connectivity index (χ4n) is 1.18. The Balaban J connectivity index is 2.45. The monoisotopic (exact) mass is 280 g/mol. The van der Waals surface area contributed by atoms with Gasteiger partial charge in [0.15, 0.2) is 0 Å². The third-order valence-electron chi connectivity index (χ3n) is 1.71. The molecule has 15 heavy (non-hydrogen) atoms. The minimum atomic E-state index is -4.68. The van der Waals surface area contributed by atoms with Gasteiger partial charge in [-0.05, 0) is 28.1 Å². The standard InChI is InChI=1S/C8H4BrF3N2O/c9-6-2-5(15-8(10,11)12)1-4-3-13-14-7(4)6/h1-3H,(H,13,14). The van der Waals surface area contributed by atoms with E-state index < -0.39 is 6.36 Å². The maximum atomic E-state index is 11.9. The predicted octanol–water partition coefficient (Wildman–Crippen LogP) is 3.22. The maximum absolute atomic E-state index is 11.9. The summed E-state index contributed by atoms with van der Waals surface area (Å²) in [6.07, 6.45) is -3.26. The molecule has 1 heterocycles. The number of nitrogens with one attached hydrogen (secondary N) is 1. The topological polar surface area (TPSA) is 37.9 Å². The van der Waals surface area contributed by atoms with Gasteiger partial charge in [0.1, 0.15) is 5.75 Å². The van der Waals surface area contributed by atoms with E-state index in [2.05, 4.69) is 30.9 Å². The van der Waals surface area contributed by atoms with E-state index in [4.69, 9.17) is 0 Å². The second-order valence-electron chi connectivity index (χ2n) is 2.79. The molecule has 0 aliphatic heterocycles. The molecule has 0 saturated carbocycles. The molecule has 2 aromatic rings. The molecule has 0 aliphatic rings. The summed E-state index contributed by atoms with van der Waals surface area (Å²) in [6, 6.07) is 2.49. The van der Waals surface area contributed by atoms with E-state index >= 15 is 0 Å². The van der Waals surface area contributed by atoms with Crippen LogP contribution in [0.4, 0.5) is 13.2 Å². The van der Waals surface area contributed by atoms with E-state index in [1.54, 1.807) is 0 Å². The van der Waals surface area contributed by atoms with Crippen LogP contribution in [0.3, 0.4) is 0 Å². The second kappa shape index (κ2) is 3.41. The molecule has 1 aromatic carbocycles. The van der Waals surface area contributed by atoms with Crippen molar-refractivity contribution in [1.82, 2.24) is 10.2 Å². The number of alkyl halides is 3. The van der Waals surface area contributed by atoms with E-state index in [1.165, 1.54) is 18.3 Å². The van der Waals surface area contributed by atoms with Crippen LogP contribution >= 0.6 is 15.9 Å². The van der Waals surface area contributed by atoms with E-state index in [0.717, 1.165) is 0 Å². The van der Waals surface area contributed by atoms with E-state index in [9.17, 15) is 13.2 Å². The Bertz CT molecular complexity index is 494. The highest BCUT2D eigenvalue weighted by Gasteiger charge is 2.31. The molecule has 0 aliphatic carbocycles. The van der Waals surface area contributed by atoms with Crippen molar-refractivity contribution in [3.8, 4) is 5.75 Å². The lowest BCUT2D eigenvalue weighted by Crippen LogP contribution is -2.17. The third-order valence-corrected chi connectivity index (χ3v) is 2.33. The SMILES string of the molecule is FC(F)(F)Oc1cc(Br)c2[nH]ncc2c1. The smallest absolute Gasteiger partial charge is 0.406 e. The number of aromatic nitrogens is 2. The Labute approximate surface area is 90.4 Å². The van der Waals surface area contributed by atoms with Gasteiger partial charge in [-0.15, -0.1) is 13.2 Å². The molecule has 0 fully saturated rings. The molecular weight excluding hydrogens is 277 g/mol. The number of benzene rings is 1. The number of fused-ring (bicyclic) bond motifs is 1. The van der Waals surface area contributed by atoms with Crippen LogP contribution in [-0.2, 0) is 0 Å². The summed E-state index contributed by atoms with van der Waals surface area (Å²) in [7, 11) is 0. The van der Waals surface area contributed by atoms with Crippen molar-refractivity contribution in [2.24, 2.45) is 0 Å². The van der Waals surface area contributed by atoms with Crippen LogP contribution in [0.1, 0.15) is 0 Å². The zero-order valence-electron chi connectivity index (χ0n) is 7.10. The van der Waals surface area contributed by atoms with E-state index in [1.807, 2.05) is 0 Å².